The Balaban J connectivity index is 0.000000205. The number of hydrogen-bond donors (Lipinski definition) is 6. The van der Waals surface area contributed by atoms with E-state index in [0.717, 1.165) is 145 Å². The number of nitro groups is 1. The summed E-state index contributed by atoms with van der Waals surface area (Å²) in [5.41, 5.74) is 31.1. The number of hydrogen-bond acceptors (Lipinski definition) is 21. The van der Waals surface area contributed by atoms with E-state index in [1.165, 1.54) is 17.7 Å². The third-order valence-electron chi connectivity index (χ3n) is 18.9. The molecule has 2 aromatic heterocycles. The molecule has 628 valence electrons. The first-order chi connectivity index (χ1) is 57.8. The highest BCUT2D eigenvalue weighted by atomic mass is 127. The number of aromatic nitrogens is 4. The number of nitrogen functional groups attached to an aromatic ring is 2. The molecule has 0 aliphatic heterocycles. The first kappa shape index (κ1) is 98.0. The number of Topliss-reactive ketones (excluding diaryl/α,β-unsaturated/α-hetero) is 3. The molecule has 0 fully saturated rings. The largest absolute Gasteiger partial charge is 1.00 e. The number of carbonyl (C=O) groups excluding carboxylic acids is 3. The van der Waals surface area contributed by atoms with Crippen LogP contribution in [0.3, 0.4) is 0 Å². The summed E-state index contributed by atoms with van der Waals surface area (Å²) in [5.74, 6) is 2.40. The summed E-state index contributed by atoms with van der Waals surface area (Å²) in [6.07, 6.45) is 16.7. The van der Waals surface area contributed by atoms with Gasteiger partial charge in [-0.15, -0.1) is 0 Å². The summed E-state index contributed by atoms with van der Waals surface area (Å²) in [6, 6.07) is 46.8. The predicted octanol–water partition coefficient (Wildman–Crippen LogP) is 21.1. The van der Waals surface area contributed by atoms with Gasteiger partial charge in [-0.2, -0.15) is 25.8 Å². The Morgan fingerprint density at radius 2 is 0.935 bits per heavy atom. The second-order valence-electron chi connectivity index (χ2n) is 26.8. The topological polar surface area (TPSA) is 366 Å². The zero-order valence-corrected chi connectivity index (χ0v) is 72.3. The van der Waals surface area contributed by atoms with Crippen molar-refractivity contribution in [1.82, 2.24) is 19.9 Å². The summed E-state index contributed by atoms with van der Waals surface area (Å²) in [6.45, 7) is 25.4. The summed E-state index contributed by atoms with van der Waals surface area (Å²) in [7, 11) is -3.08. The van der Waals surface area contributed by atoms with Crippen LogP contribution in [0.15, 0.2) is 170 Å². The van der Waals surface area contributed by atoms with Crippen molar-refractivity contribution in [3.63, 3.8) is 0 Å². The lowest BCUT2D eigenvalue weighted by Crippen LogP contribution is -3.00. The van der Waals surface area contributed by atoms with Crippen LogP contribution in [0.1, 0.15) is 153 Å². The van der Waals surface area contributed by atoms with Gasteiger partial charge in [-0.25, -0.2) is 26.2 Å². The Hall–Kier alpha value is -12.1. The Kier molecular flexibility index (Phi) is 37.3. The number of nitrogens with one attached hydrogen (secondary N) is 4. The van der Waals surface area contributed by atoms with Crippen LogP contribution in [0.4, 0.5) is 63.3 Å². The van der Waals surface area contributed by atoms with E-state index in [9.17, 15) is 29.1 Å². The standard InChI is InChI=1S/2C22H15ClN6.C11H9ClN2.C9H6ClNO3.C9H8ClNO.C9H7ClO.C6H12NO3P.2CH4.HI/c2*1-25-13-16-5-4-15-10-19(23)20(11-18(15)16)28-21-8-9-26-22(29-21)27-17-6-2-14(12-24)3-7-17;1-14-6-8-3-2-7-4-10(12)11(13)5-9(7)8;10-7-3-5-1-2-9(12)6(5)4-8(7)11(13)14;10-7-3-5-1-2-9(12)6(5)4-8(7)11;10-7-2-3-8-6(5-7)1-4-9(8)11;1-3-9-11(8,6-5-7)10-4-2;;;/h2-3,6-11,13H,4-5H2,(H2,26,27,28,29);2-3,5-11H,4,13H2,(H2,26,27,28,29);4-6H,2-3,13H2;3-4H,1-2H2;3-4H,1-2,11H2;2-3,5H,1,4H2;3-4,6H2,1-2H3;2*1H4;1H/p-1/b16-13-;;8-6+;;;;;;;. The maximum atomic E-state index is 11.3. The molecule has 6 aliphatic rings. The van der Waals surface area contributed by atoms with Gasteiger partial charge in [-0.1, -0.05) is 90.5 Å². The van der Waals surface area contributed by atoms with Crippen LogP contribution in [-0.4, -0.2) is 68.1 Å². The van der Waals surface area contributed by atoms with Crippen molar-refractivity contribution in [2.24, 2.45) is 0 Å². The van der Waals surface area contributed by atoms with E-state index in [0.29, 0.717) is 117 Å². The number of fused-ring (bicyclic) bond motifs is 6. The lowest BCUT2D eigenvalue weighted by Gasteiger charge is -2.12. The van der Waals surface area contributed by atoms with Gasteiger partial charge in [0.2, 0.25) is 18.4 Å². The van der Waals surface area contributed by atoms with Gasteiger partial charge in [0.1, 0.15) is 22.8 Å². The van der Waals surface area contributed by atoms with Crippen LogP contribution in [0.2, 0.25) is 30.1 Å². The number of benzene rings is 8. The molecule has 10 aromatic rings. The highest BCUT2D eigenvalue weighted by Gasteiger charge is 2.28. The van der Waals surface area contributed by atoms with E-state index < -0.39 is 12.5 Å². The molecule has 0 spiro atoms. The fourth-order valence-corrected chi connectivity index (χ4v) is 15.7. The number of aryl methyl sites for hydroxylation is 5. The first-order valence-electron chi connectivity index (χ1n) is 37.1. The van der Waals surface area contributed by atoms with Crippen LogP contribution in [0.25, 0.3) is 31.3 Å². The molecule has 123 heavy (non-hydrogen) atoms. The second-order valence-corrected chi connectivity index (χ2v) is 31.3. The monoisotopic (exact) mass is 1890 g/mol. The van der Waals surface area contributed by atoms with Gasteiger partial charge in [0.25, 0.3) is 5.69 Å². The van der Waals surface area contributed by atoms with Gasteiger partial charge in [-0.05, 0) is 260 Å². The van der Waals surface area contributed by atoms with Crippen LogP contribution >= 0.6 is 77.2 Å². The number of rotatable bonds is 15. The number of nitriles is 3. The Morgan fingerprint density at radius 3 is 1.39 bits per heavy atom. The molecular formula is C90H80Cl6IN17O8P-. The molecule has 16 rings (SSSR count). The fraction of sp³-hybridized carbons (Fsp3) is 0.211. The Morgan fingerprint density at radius 1 is 0.520 bits per heavy atom. The Labute approximate surface area is 760 Å². The average molecular weight is 1900 g/mol. The van der Waals surface area contributed by atoms with Gasteiger partial charge in [0.15, 0.2) is 29.7 Å². The first-order valence-corrected chi connectivity index (χ1v) is 41.1. The SMILES string of the molecule is C.C.CCOP(=O)(CC#N)OCC.Nc1cc2c(cc1Cl)CCC2=O.O=C1CCc2cc(Cl)c([N+](=O)[O-])cc21.O=C1CCc2cc(Cl)ccc21.[C-]#[N+]/C=C1/CCc2cc(Cl)c(Nc3ccnc(Nc4ccc(C#N)cc4)n3)cc21.[C-]#[N+]/C=C1\CCc2cc(Cl)c(N)cc21.[C-]#[N+]CC1=CCc2cc(Cl)c(Nc3ccnc(Nc4ccc(C#N)cc4)n3)cc21.[I-]. The molecule has 25 nitrogen and oxygen atoms in total. The van der Waals surface area contributed by atoms with Crippen LogP contribution in [0, 0.1) is 63.8 Å². The number of ketones is 3. The molecule has 0 saturated carbocycles. The van der Waals surface area contributed by atoms with Crippen molar-refractivity contribution in [2.45, 2.75) is 99.3 Å². The second kappa shape index (κ2) is 46.8. The molecular weight excluding hydrogens is 1820 g/mol. The molecule has 33 heteroatoms. The molecule has 8 aromatic carbocycles. The van der Waals surface area contributed by atoms with Gasteiger partial charge in [0.05, 0.1) is 103 Å². The van der Waals surface area contributed by atoms with E-state index in [1.807, 2.05) is 48.5 Å². The average Bonchev–Trinajstić information content (AvgIpc) is 1.81. The van der Waals surface area contributed by atoms with Crippen molar-refractivity contribution in [1.29, 1.82) is 15.8 Å². The van der Waals surface area contributed by atoms with E-state index >= 15 is 0 Å². The minimum absolute atomic E-state index is 0. The smallest absolute Gasteiger partial charge is 0.344 e. The normalized spacial score (nSPS) is 13.3. The molecule has 0 saturated heterocycles. The van der Waals surface area contributed by atoms with E-state index in [1.54, 1.807) is 124 Å². The number of nitro benzene ring substituents is 1. The highest BCUT2D eigenvalue weighted by Crippen LogP contribution is 2.47. The highest BCUT2D eigenvalue weighted by molar-refractivity contribution is 7.54. The van der Waals surface area contributed by atoms with Gasteiger partial charge < -0.3 is 70.6 Å². The molecule has 2 heterocycles. The van der Waals surface area contributed by atoms with Crippen LogP contribution in [-0.2, 0) is 52.1 Å². The minimum atomic E-state index is -3.08. The van der Waals surface area contributed by atoms with Crippen LogP contribution in [0.5, 0.6) is 0 Å². The Bertz CT molecular complexity index is 6060. The minimum Gasteiger partial charge on any atom is -1.00 e. The third kappa shape index (κ3) is 26.5. The summed E-state index contributed by atoms with van der Waals surface area (Å²) >= 11 is 36.1. The van der Waals surface area contributed by atoms with Crippen molar-refractivity contribution in [2.75, 3.05) is 58.7 Å². The zero-order valence-electron chi connectivity index (χ0n) is 64.7. The van der Waals surface area contributed by atoms with Crippen molar-refractivity contribution < 1.29 is 56.9 Å². The molecule has 0 radical (unpaired) electrons. The van der Waals surface area contributed by atoms with E-state index in [4.69, 9.17) is 126 Å². The van der Waals surface area contributed by atoms with E-state index in [-0.39, 0.29) is 73.1 Å². The van der Waals surface area contributed by atoms with Crippen molar-refractivity contribution >= 4 is 175 Å². The molecule has 0 atom stereocenters. The van der Waals surface area contributed by atoms with E-state index in [2.05, 4.69) is 74.0 Å². The summed E-state index contributed by atoms with van der Waals surface area (Å²) < 4.78 is 21.0. The molecule has 0 bridgehead atoms. The van der Waals surface area contributed by atoms with Gasteiger partial charge >= 0.3 is 7.60 Å². The molecule has 0 unspecified atom stereocenters. The van der Waals surface area contributed by atoms with Crippen LogP contribution < -0.4 is 56.7 Å². The number of halogens is 7. The summed E-state index contributed by atoms with van der Waals surface area (Å²) in [5, 5.41) is 52.5. The maximum Gasteiger partial charge on any atom is 0.344 e. The predicted molar refractivity (Wildman–Crippen MR) is 485 cm³/mol. The lowest BCUT2D eigenvalue weighted by atomic mass is 10.0. The molecule has 8 N–H and O–H groups in total. The number of nitrogens with zero attached hydrogens (tertiary/aromatic N) is 11. The number of anilines is 10. The van der Waals surface area contributed by atoms with Gasteiger partial charge in [0, 0.05) is 76.4 Å². The lowest BCUT2D eigenvalue weighted by molar-refractivity contribution is -0.384. The molecule has 0 amide bonds. The van der Waals surface area contributed by atoms with Gasteiger partial charge in [-0.3, -0.25) is 29.1 Å². The number of nitrogens with two attached hydrogens (primary N) is 2. The number of allylic oxidation sites excluding steroid dienone is 3. The fourth-order valence-electron chi connectivity index (χ4n) is 13.2. The molecule has 6 aliphatic carbocycles. The zero-order chi connectivity index (χ0) is 86.2. The van der Waals surface area contributed by atoms with Crippen molar-refractivity contribution in [3.05, 3.63) is 323 Å². The third-order valence-corrected chi connectivity index (χ3v) is 22.6. The van der Waals surface area contributed by atoms with Crippen molar-refractivity contribution in [3.8, 4) is 18.2 Å². The quantitative estimate of drug-likeness (QED) is 0.0139. The number of carbonyl (C=O) groups is 3. The maximum absolute atomic E-state index is 11.3. The summed E-state index contributed by atoms with van der Waals surface area (Å²) in [4.78, 5) is 71.2.